The maximum absolute atomic E-state index is 12.3. The van der Waals surface area contributed by atoms with Crippen LogP contribution in [0.3, 0.4) is 0 Å². The average Bonchev–Trinajstić information content (AvgIpc) is 2.44. The Morgan fingerprint density at radius 1 is 0.944 bits per heavy atom. The highest BCUT2D eigenvalue weighted by Gasteiger charge is 2.28. The lowest BCUT2D eigenvalue weighted by Gasteiger charge is -2.20. The van der Waals surface area contributed by atoms with Gasteiger partial charge in [0.2, 0.25) is 0 Å². The average molecular weight is 235 g/mol. The number of ketones is 1. The largest absolute Gasteiger partial charge is 0.293 e. The lowest BCUT2D eigenvalue weighted by molar-refractivity contribution is 0.0960. The number of carbonyl (C=O) groups excluding carboxylic acids is 1. The quantitative estimate of drug-likeness (QED) is 0.742. The number of hydrogen-bond acceptors (Lipinski definition) is 2. The van der Waals surface area contributed by atoms with E-state index in [-0.39, 0.29) is 11.7 Å². The van der Waals surface area contributed by atoms with Crippen LogP contribution in [0.2, 0.25) is 0 Å². The molecule has 0 saturated carbocycles. The van der Waals surface area contributed by atoms with Crippen molar-refractivity contribution in [1.82, 2.24) is 0 Å². The lowest BCUT2D eigenvalue weighted by Crippen LogP contribution is -2.25. The van der Waals surface area contributed by atoms with Gasteiger partial charge in [0.25, 0.3) is 0 Å². The molecule has 0 bridgehead atoms. The second kappa shape index (κ2) is 4.22. The minimum atomic E-state index is -0.178. The molecule has 0 aromatic heterocycles. The smallest absolute Gasteiger partial charge is 0.173 e. The van der Waals surface area contributed by atoms with Crippen LogP contribution in [0, 0.1) is 5.92 Å². The van der Waals surface area contributed by atoms with Crippen LogP contribution < -0.4 is 0 Å². The van der Waals surface area contributed by atoms with E-state index >= 15 is 0 Å². The van der Waals surface area contributed by atoms with Crippen LogP contribution >= 0.6 is 0 Å². The van der Waals surface area contributed by atoms with Gasteiger partial charge in [-0.05, 0) is 24.6 Å². The Labute approximate surface area is 106 Å². The van der Waals surface area contributed by atoms with Gasteiger partial charge in [-0.25, -0.2) is 0 Å². The van der Waals surface area contributed by atoms with Crippen molar-refractivity contribution in [3.05, 3.63) is 65.7 Å². The highest BCUT2D eigenvalue weighted by molar-refractivity contribution is 6.22. The number of hydrogen-bond donors (Lipinski definition) is 0. The molecule has 0 amide bonds. The molecule has 2 nitrogen and oxygen atoms in total. The number of Topliss-reactive ketones (excluding diaryl/α,β-unsaturated/α-hetero) is 1. The number of nitrogens with zero attached hydrogens (tertiary/aromatic N) is 1. The molecule has 18 heavy (non-hydrogen) atoms. The molecule has 1 unspecified atom stereocenters. The predicted octanol–water partition coefficient (Wildman–Crippen LogP) is 3.64. The zero-order chi connectivity index (χ0) is 12.5. The van der Waals surface area contributed by atoms with E-state index in [1.807, 2.05) is 61.5 Å². The zero-order valence-corrected chi connectivity index (χ0v) is 10.1. The van der Waals surface area contributed by atoms with Gasteiger partial charge in [0, 0.05) is 5.56 Å². The van der Waals surface area contributed by atoms with Crippen LogP contribution in [0.1, 0.15) is 22.8 Å². The topological polar surface area (TPSA) is 29.4 Å². The van der Waals surface area contributed by atoms with Crippen molar-refractivity contribution in [3.63, 3.8) is 0 Å². The Morgan fingerprint density at radius 3 is 2.39 bits per heavy atom. The molecule has 0 radical (unpaired) electrons. The van der Waals surface area contributed by atoms with E-state index < -0.39 is 0 Å². The Bertz CT molecular complexity index is 629. The van der Waals surface area contributed by atoms with E-state index in [0.717, 1.165) is 22.5 Å². The first-order valence-electron chi connectivity index (χ1n) is 6.04. The highest BCUT2D eigenvalue weighted by Crippen LogP contribution is 2.30. The second-order valence-corrected chi connectivity index (χ2v) is 4.47. The summed E-state index contributed by atoms with van der Waals surface area (Å²) in [5, 5.41) is 0. The minimum absolute atomic E-state index is 0.152. The number of fused-ring (bicyclic) bond motifs is 1. The van der Waals surface area contributed by atoms with Crippen LogP contribution in [-0.4, -0.2) is 11.5 Å². The molecule has 2 heteroatoms. The van der Waals surface area contributed by atoms with Crippen molar-refractivity contribution in [3.8, 4) is 0 Å². The van der Waals surface area contributed by atoms with Crippen molar-refractivity contribution in [2.45, 2.75) is 6.92 Å². The summed E-state index contributed by atoms with van der Waals surface area (Å²) in [6, 6.07) is 17.4. The van der Waals surface area contributed by atoms with Gasteiger partial charge in [-0.1, -0.05) is 42.5 Å². The number of benzene rings is 2. The molecule has 0 aliphatic carbocycles. The third-order valence-electron chi connectivity index (χ3n) is 3.28. The maximum Gasteiger partial charge on any atom is 0.173 e. The molecule has 0 fully saturated rings. The Balaban J connectivity index is 2.17. The third-order valence-corrected chi connectivity index (χ3v) is 3.28. The van der Waals surface area contributed by atoms with Crippen LogP contribution in [0.5, 0.6) is 0 Å². The molecular weight excluding hydrogens is 222 g/mol. The molecule has 1 atom stereocenters. The van der Waals surface area contributed by atoms with Crippen LogP contribution in [0.15, 0.2) is 59.6 Å². The maximum atomic E-state index is 12.3. The van der Waals surface area contributed by atoms with E-state index in [0.29, 0.717) is 0 Å². The summed E-state index contributed by atoms with van der Waals surface area (Å²) in [4.78, 5) is 17.0. The van der Waals surface area contributed by atoms with Crippen LogP contribution in [-0.2, 0) is 0 Å². The summed E-state index contributed by atoms with van der Waals surface area (Å²) in [5.41, 5.74) is 3.39. The van der Waals surface area contributed by atoms with Crippen molar-refractivity contribution in [1.29, 1.82) is 0 Å². The van der Waals surface area contributed by atoms with Gasteiger partial charge in [-0.2, -0.15) is 0 Å². The summed E-state index contributed by atoms with van der Waals surface area (Å²) in [5.74, 6) is -0.0262. The second-order valence-electron chi connectivity index (χ2n) is 4.47. The molecule has 1 aliphatic heterocycles. The van der Waals surface area contributed by atoms with E-state index in [2.05, 4.69) is 4.99 Å². The first-order chi connectivity index (χ1) is 8.77. The van der Waals surface area contributed by atoms with E-state index in [1.54, 1.807) is 0 Å². The van der Waals surface area contributed by atoms with E-state index in [9.17, 15) is 4.79 Å². The monoisotopic (exact) mass is 235 g/mol. The molecule has 1 aliphatic rings. The molecular formula is C16H13NO. The van der Waals surface area contributed by atoms with Crippen molar-refractivity contribution >= 4 is 17.2 Å². The fourth-order valence-corrected chi connectivity index (χ4v) is 2.29. The van der Waals surface area contributed by atoms with E-state index in [1.165, 1.54) is 0 Å². The Kier molecular flexibility index (Phi) is 2.56. The highest BCUT2D eigenvalue weighted by atomic mass is 16.1. The Hall–Kier alpha value is -2.22. The fourth-order valence-electron chi connectivity index (χ4n) is 2.29. The zero-order valence-electron chi connectivity index (χ0n) is 10.1. The molecule has 0 N–H and O–H groups in total. The summed E-state index contributed by atoms with van der Waals surface area (Å²) in [7, 11) is 0. The van der Waals surface area contributed by atoms with Crippen LogP contribution in [0.25, 0.3) is 0 Å². The fraction of sp³-hybridized carbons (Fsp3) is 0.125. The van der Waals surface area contributed by atoms with Gasteiger partial charge in [0.1, 0.15) is 0 Å². The minimum Gasteiger partial charge on any atom is -0.293 e. The predicted molar refractivity (Wildman–Crippen MR) is 72.6 cm³/mol. The molecule has 2 aromatic rings. The molecule has 3 rings (SSSR count). The van der Waals surface area contributed by atoms with Gasteiger partial charge < -0.3 is 0 Å². The summed E-state index contributed by atoms with van der Waals surface area (Å²) in [6.07, 6.45) is 0. The van der Waals surface area contributed by atoms with Crippen molar-refractivity contribution < 1.29 is 4.79 Å². The van der Waals surface area contributed by atoms with E-state index in [4.69, 9.17) is 0 Å². The first-order valence-corrected chi connectivity index (χ1v) is 6.04. The van der Waals surface area contributed by atoms with Crippen molar-refractivity contribution in [2.75, 3.05) is 0 Å². The van der Waals surface area contributed by atoms with Crippen molar-refractivity contribution in [2.24, 2.45) is 10.9 Å². The van der Waals surface area contributed by atoms with Gasteiger partial charge >= 0.3 is 0 Å². The number of para-hydroxylation sites is 1. The number of aliphatic imine (C=N–C) groups is 1. The summed E-state index contributed by atoms with van der Waals surface area (Å²) < 4.78 is 0. The van der Waals surface area contributed by atoms with Gasteiger partial charge in [0.15, 0.2) is 5.78 Å². The molecule has 2 aromatic carbocycles. The third kappa shape index (κ3) is 1.66. The summed E-state index contributed by atoms with van der Waals surface area (Å²) >= 11 is 0. The molecule has 1 heterocycles. The molecule has 0 saturated heterocycles. The Morgan fingerprint density at radius 2 is 1.61 bits per heavy atom. The number of rotatable bonds is 1. The summed E-state index contributed by atoms with van der Waals surface area (Å²) in [6.45, 7) is 1.92. The van der Waals surface area contributed by atoms with Gasteiger partial charge in [0.05, 0.1) is 17.3 Å². The molecule has 0 spiro atoms. The normalized spacial score (nSPS) is 18.2. The van der Waals surface area contributed by atoms with Crippen LogP contribution in [0.4, 0.5) is 5.69 Å². The SMILES string of the molecule is CC1C(=O)c2ccccc2N=C1c1ccccc1. The first kappa shape index (κ1) is 10.9. The lowest BCUT2D eigenvalue weighted by atomic mass is 9.87. The van der Waals surface area contributed by atoms with Gasteiger partial charge in [-0.3, -0.25) is 9.79 Å². The van der Waals surface area contributed by atoms with Gasteiger partial charge in [-0.15, -0.1) is 0 Å². The standard InChI is InChI=1S/C16H13NO/c1-11-15(12-7-3-2-4-8-12)17-14-10-6-5-9-13(14)16(11)18/h2-11H,1H3. The number of carbonyl (C=O) groups is 1. The molecule has 88 valence electrons.